The van der Waals surface area contributed by atoms with Crippen LogP contribution in [0.25, 0.3) is 16.9 Å². The topological polar surface area (TPSA) is 99.2 Å². The van der Waals surface area contributed by atoms with E-state index in [1.807, 2.05) is 43.2 Å². The van der Waals surface area contributed by atoms with Crippen LogP contribution in [0.3, 0.4) is 0 Å². The van der Waals surface area contributed by atoms with Crippen LogP contribution >= 0.6 is 0 Å². The number of fused-ring (bicyclic) bond motifs is 2. The number of anilines is 2. The monoisotopic (exact) mass is 427 g/mol. The molecule has 158 valence electrons. The van der Waals surface area contributed by atoms with Crippen LogP contribution in [0.2, 0.25) is 0 Å². The molecule has 0 spiro atoms. The lowest BCUT2D eigenvalue weighted by atomic mass is 10.0. The van der Waals surface area contributed by atoms with Crippen LogP contribution in [-0.2, 0) is 4.79 Å². The van der Waals surface area contributed by atoms with Gasteiger partial charge in [0.05, 0.1) is 23.6 Å². The Balaban J connectivity index is 1.67. The smallest absolute Gasteiger partial charge is 0.182 e. The predicted molar refractivity (Wildman–Crippen MR) is 121 cm³/mol. The van der Waals surface area contributed by atoms with Crippen LogP contribution in [0, 0.1) is 5.82 Å². The highest BCUT2D eigenvalue weighted by atomic mass is 19.1. The van der Waals surface area contributed by atoms with Crippen molar-refractivity contribution >= 4 is 45.8 Å². The molecule has 0 saturated heterocycles. The standard InChI is InChI=1S/C23H18FN7O/c1-2-16(29-22-20-21(26-12-25-20)27-13-28-22)23-30-17-10-6-9-15(24)19(17)18(11-32)31(23)14-7-4-3-5-8-14/h3-10,12-13,16H,2H2,1H3,(H2,25,26,27,28,29). The van der Waals surface area contributed by atoms with E-state index >= 15 is 0 Å². The van der Waals surface area contributed by atoms with Crippen LogP contribution in [0.4, 0.5) is 21.6 Å². The van der Waals surface area contributed by atoms with E-state index in [0.717, 1.165) is 0 Å². The Bertz CT molecular complexity index is 1380. The molecule has 3 heterocycles. The lowest BCUT2D eigenvalue weighted by Gasteiger charge is -2.35. The first-order chi connectivity index (χ1) is 15.7. The molecular formula is C23H18FN7O. The fraction of sp³-hybridized carbons (Fsp3) is 0.130. The lowest BCUT2D eigenvalue weighted by molar-refractivity contribution is 0.568. The molecule has 2 aromatic heterocycles. The van der Waals surface area contributed by atoms with E-state index in [9.17, 15) is 9.18 Å². The van der Waals surface area contributed by atoms with Gasteiger partial charge < -0.3 is 10.3 Å². The average Bonchev–Trinajstić information content (AvgIpc) is 3.32. The highest BCUT2D eigenvalue weighted by molar-refractivity contribution is 6.20. The van der Waals surface area contributed by atoms with Crippen molar-refractivity contribution in [3.63, 3.8) is 0 Å². The van der Waals surface area contributed by atoms with Crippen molar-refractivity contribution in [2.75, 3.05) is 10.2 Å². The maximum atomic E-state index is 14.8. The number of halogens is 1. The summed E-state index contributed by atoms with van der Waals surface area (Å²) in [5, 5.41) is 3.39. The number of carbonyl (C=O) groups excluding carboxylic acids is 1. The Hall–Kier alpha value is -4.36. The molecule has 9 heteroatoms. The Labute approximate surface area is 182 Å². The minimum Gasteiger partial charge on any atom is -0.358 e. The molecule has 0 aliphatic carbocycles. The zero-order valence-corrected chi connectivity index (χ0v) is 17.1. The van der Waals surface area contributed by atoms with Crippen LogP contribution in [0.5, 0.6) is 0 Å². The second kappa shape index (κ2) is 8.05. The van der Waals surface area contributed by atoms with Gasteiger partial charge in [0.1, 0.15) is 29.2 Å². The number of amidine groups is 1. The number of para-hydroxylation sites is 1. The van der Waals surface area contributed by atoms with Crippen LogP contribution < -0.4 is 10.2 Å². The molecule has 0 fully saturated rings. The third-order valence-corrected chi connectivity index (χ3v) is 5.28. The van der Waals surface area contributed by atoms with Crippen molar-refractivity contribution in [1.82, 2.24) is 19.9 Å². The summed E-state index contributed by atoms with van der Waals surface area (Å²) in [6, 6.07) is 13.4. The fourth-order valence-electron chi connectivity index (χ4n) is 3.80. The normalized spacial score (nSPS) is 14.0. The molecule has 0 amide bonds. The minimum absolute atomic E-state index is 0.0731. The van der Waals surface area contributed by atoms with E-state index in [1.165, 1.54) is 12.4 Å². The number of nitrogens with one attached hydrogen (secondary N) is 2. The third kappa shape index (κ3) is 3.21. The first kappa shape index (κ1) is 19.6. The Morgan fingerprint density at radius 1 is 1.12 bits per heavy atom. The van der Waals surface area contributed by atoms with Gasteiger partial charge in [-0.2, -0.15) is 0 Å². The first-order valence-electron chi connectivity index (χ1n) is 10.1. The Kier molecular flexibility index (Phi) is 4.93. The van der Waals surface area contributed by atoms with Crippen molar-refractivity contribution in [2.45, 2.75) is 19.4 Å². The molecule has 2 N–H and O–H groups in total. The number of hydrogen-bond donors (Lipinski definition) is 2. The molecule has 2 aromatic carbocycles. The van der Waals surface area contributed by atoms with E-state index in [4.69, 9.17) is 4.99 Å². The number of rotatable bonds is 5. The molecule has 0 radical (unpaired) electrons. The molecule has 0 bridgehead atoms. The van der Waals surface area contributed by atoms with E-state index in [0.29, 0.717) is 40.6 Å². The molecule has 8 nitrogen and oxygen atoms in total. The maximum absolute atomic E-state index is 14.8. The van der Waals surface area contributed by atoms with Crippen molar-refractivity contribution in [3.8, 4) is 0 Å². The number of aliphatic imine (C=N–C) groups is 1. The minimum atomic E-state index is -0.527. The molecule has 32 heavy (non-hydrogen) atoms. The fourth-order valence-corrected chi connectivity index (χ4v) is 3.80. The van der Waals surface area contributed by atoms with Gasteiger partial charge in [-0.15, -0.1) is 0 Å². The largest absolute Gasteiger partial charge is 0.358 e. The zero-order chi connectivity index (χ0) is 22.1. The first-order valence-corrected chi connectivity index (χ1v) is 10.1. The van der Waals surface area contributed by atoms with Gasteiger partial charge in [0.25, 0.3) is 0 Å². The van der Waals surface area contributed by atoms with E-state index in [-0.39, 0.29) is 17.3 Å². The highest BCUT2D eigenvalue weighted by Gasteiger charge is 2.33. The Morgan fingerprint density at radius 2 is 1.97 bits per heavy atom. The quantitative estimate of drug-likeness (QED) is 0.465. The summed E-state index contributed by atoms with van der Waals surface area (Å²) in [4.78, 5) is 34.2. The maximum Gasteiger partial charge on any atom is 0.182 e. The van der Waals surface area contributed by atoms with Crippen LogP contribution in [0.1, 0.15) is 18.9 Å². The summed E-state index contributed by atoms with van der Waals surface area (Å²) in [7, 11) is 0. The number of nitrogens with zero attached hydrogens (tertiary/aromatic N) is 5. The summed E-state index contributed by atoms with van der Waals surface area (Å²) in [6.07, 6.45) is 3.59. The number of hydrogen-bond acceptors (Lipinski definition) is 7. The summed E-state index contributed by atoms with van der Waals surface area (Å²) in [5.41, 5.74) is 2.44. The molecular weight excluding hydrogens is 409 g/mol. The summed E-state index contributed by atoms with van der Waals surface area (Å²) in [5.74, 6) is 2.50. The molecule has 1 unspecified atom stereocenters. The van der Waals surface area contributed by atoms with Crippen LogP contribution in [-0.4, -0.2) is 37.8 Å². The number of imidazole rings is 1. The number of aromatic nitrogens is 4. The van der Waals surface area contributed by atoms with Crippen LogP contribution in [0.15, 0.2) is 66.2 Å². The van der Waals surface area contributed by atoms with Crippen molar-refractivity contribution in [2.24, 2.45) is 4.99 Å². The second-order valence-corrected chi connectivity index (χ2v) is 7.15. The summed E-state index contributed by atoms with van der Waals surface area (Å²) in [6.45, 7) is 1.99. The van der Waals surface area contributed by atoms with Crippen molar-refractivity contribution in [3.05, 3.63) is 72.6 Å². The highest BCUT2D eigenvalue weighted by Crippen LogP contribution is 2.38. The third-order valence-electron chi connectivity index (χ3n) is 5.28. The zero-order valence-electron chi connectivity index (χ0n) is 17.1. The van der Waals surface area contributed by atoms with Crippen molar-refractivity contribution in [1.29, 1.82) is 0 Å². The van der Waals surface area contributed by atoms with E-state index < -0.39 is 5.82 Å². The van der Waals surface area contributed by atoms with Gasteiger partial charge in [0.2, 0.25) is 0 Å². The molecule has 0 saturated carbocycles. The second-order valence-electron chi connectivity index (χ2n) is 7.15. The SMILES string of the molecule is CCC(Nc1ncnc2nc[nH]c12)C1=Nc2cccc(F)c2C(=C=O)N1c1ccccc1. The predicted octanol–water partition coefficient (Wildman–Crippen LogP) is 4.11. The molecule has 1 aliphatic rings. The Morgan fingerprint density at radius 3 is 2.75 bits per heavy atom. The van der Waals surface area contributed by atoms with Gasteiger partial charge in [-0.1, -0.05) is 31.2 Å². The van der Waals surface area contributed by atoms with Gasteiger partial charge in [0, 0.05) is 5.69 Å². The number of aromatic amines is 1. The van der Waals surface area contributed by atoms with Gasteiger partial charge in [-0.25, -0.2) is 29.1 Å². The summed E-state index contributed by atoms with van der Waals surface area (Å²) >= 11 is 0. The molecule has 1 atom stereocenters. The number of benzene rings is 2. The lowest BCUT2D eigenvalue weighted by Crippen LogP contribution is -2.44. The average molecular weight is 427 g/mol. The summed E-state index contributed by atoms with van der Waals surface area (Å²) < 4.78 is 14.8. The van der Waals surface area contributed by atoms with E-state index in [2.05, 4.69) is 25.3 Å². The molecule has 4 aromatic rings. The van der Waals surface area contributed by atoms with Crippen molar-refractivity contribution < 1.29 is 9.18 Å². The number of H-pyrrole nitrogens is 1. The van der Waals surface area contributed by atoms with Gasteiger partial charge in [-0.3, -0.25) is 4.90 Å². The van der Waals surface area contributed by atoms with Gasteiger partial charge in [0.15, 0.2) is 17.4 Å². The van der Waals surface area contributed by atoms with Gasteiger partial charge in [-0.05, 0) is 30.7 Å². The molecule has 5 rings (SSSR count). The molecule has 1 aliphatic heterocycles. The van der Waals surface area contributed by atoms with Gasteiger partial charge >= 0.3 is 0 Å². The van der Waals surface area contributed by atoms with E-state index in [1.54, 1.807) is 23.4 Å².